The van der Waals surface area contributed by atoms with E-state index < -0.39 is 7.14 Å². The maximum atomic E-state index is 13.4. The lowest BCUT2D eigenvalue weighted by molar-refractivity contribution is -0.121. The summed E-state index contributed by atoms with van der Waals surface area (Å²) in [6.07, 6.45) is 7.06. The molecule has 6 rings (SSSR count). The summed E-state index contributed by atoms with van der Waals surface area (Å²) in [7, 11) is -1.08. The highest BCUT2D eigenvalue weighted by molar-refractivity contribution is 9.10. The molecule has 0 bridgehead atoms. The topological polar surface area (TPSA) is 138 Å². The van der Waals surface area contributed by atoms with E-state index in [-0.39, 0.29) is 11.9 Å². The zero-order valence-electron chi connectivity index (χ0n) is 26.7. The van der Waals surface area contributed by atoms with Gasteiger partial charge in [-0.2, -0.15) is 4.98 Å². The summed E-state index contributed by atoms with van der Waals surface area (Å²) in [5.41, 5.74) is 4.95. The summed E-state index contributed by atoms with van der Waals surface area (Å²) < 4.78 is 19.9. The number of ether oxygens (including phenoxy) is 1. The Bertz CT molecular complexity index is 1820. The highest BCUT2D eigenvalue weighted by atomic mass is 79.9. The van der Waals surface area contributed by atoms with Crippen molar-refractivity contribution in [1.82, 2.24) is 30.2 Å². The van der Waals surface area contributed by atoms with Gasteiger partial charge in [-0.15, -0.1) is 0 Å². The van der Waals surface area contributed by atoms with Crippen molar-refractivity contribution >= 4 is 74.1 Å². The average Bonchev–Trinajstić information content (AvgIpc) is 3.00. The number of nitrogens with zero attached hydrogens (tertiary/aromatic N) is 6. The molecular weight excluding hydrogens is 669 g/mol. The number of benzene rings is 2. The maximum absolute atomic E-state index is 13.4. The van der Waals surface area contributed by atoms with Gasteiger partial charge < -0.3 is 30.2 Å². The molecule has 4 heterocycles. The summed E-state index contributed by atoms with van der Waals surface area (Å²) in [5.74, 6) is 1.62. The van der Waals surface area contributed by atoms with E-state index in [1.165, 1.54) is 0 Å². The van der Waals surface area contributed by atoms with Gasteiger partial charge in [0, 0.05) is 69.5 Å². The second-order valence-corrected chi connectivity index (χ2v) is 16.3. The second-order valence-electron chi connectivity index (χ2n) is 12.3. The number of carbonyl (C=O) groups is 1. The number of anilines is 5. The molecule has 0 saturated carbocycles. The first-order chi connectivity index (χ1) is 22.0. The highest BCUT2D eigenvalue weighted by Crippen LogP contribution is 2.41. The van der Waals surface area contributed by atoms with E-state index >= 15 is 0 Å². The van der Waals surface area contributed by atoms with Gasteiger partial charge in [-0.3, -0.25) is 19.7 Å². The Kier molecular flexibility index (Phi) is 9.18. The third-order valence-electron chi connectivity index (χ3n) is 8.55. The molecule has 2 saturated heterocycles. The van der Waals surface area contributed by atoms with Crippen LogP contribution in [0.1, 0.15) is 25.3 Å². The van der Waals surface area contributed by atoms with Crippen LogP contribution in [0, 0.1) is 6.92 Å². The molecule has 2 fully saturated rings. The van der Waals surface area contributed by atoms with Crippen LogP contribution in [-0.4, -0.2) is 89.4 Å². The average molecular weight is 709 g/mol. The van der Waals surface area contributed by atoms with Crippen molar-refractivity contribution in [3.8, 4) is 5.75 Å². The largest absolute Gasteiger partial charge is 0.494 e. The van der Waals surface area contributed by atoms with Gasteiger partial charge in [0.05, 0.1) is 39.8 Å². The van der Waals surface area contributed by atoms with Gasteiger partial charge >= 0.3 is 0 Å². The fourth-order valence-corrected chi connectivity index (χ4v) is 8.06. The van der Waals surface area contributed by atoms with Crippen molar-refractivity contribution in [3.05, 3.63) is 52.9 Å². The molecule has 2 aromatic carbocycles. The molecule has 242 valence electrons. The van der Waals surface area contributed by atoms with E-state index in [1.54, 1.807) is 46.0 Å². The van der Waals surface area contributed by atoms with Gasteiger partial charge in [-0.1, -0.05) is 0 Å². The zero-order chi connectivity index (χ0) is 32.6. The Hall–Kier alpha value is -3.80. The van der Waals surface area contributed by atoms with Crippen LogP contribution in [0.2, 0.25) is 0 Å². The molecule has 2 aliphatic rings. The summed E-state index contributed by atoms with van der Waals surface area (Å²) in [6.45, 7) is 10.9. The van der Waals surface area contributed by atoms with Crippen molar-refractivity contribution in [3.63, 3.8) is 0 Å². The van der Waals surface area contributed by atoms with Crippen LogP contribution in [0.5, 0.6) is 5.75 Å². The number of carbonyl (C=O) groups excluding carboxylic acids is 1. The van der Waals surface area contributed by atoms with Gasteiger partial charge in [0.1, 0.15) is 24.2 Å². The second kappa shape index (κ2) is 13.1. The number of fused-ring (bicyclic) bond motifs is 1. The Morgan fingerprint density at radius 1 is 1.04 bits per heavy atom. The Morgan fingerprint density at radius 3 is 2.48 bits per heavy atom. The lowest BCUT2D eigenvalue weighted by Crippen LogP contribution is -2.63. The molecule has 14 heteroatoms. The number of rotatable bonds is 9. The molecule has 0 spiro atoms. The fraction of sp³-hybridized carbons (Fsp3) is 0.406. The molecule has 0 atom stereocenters. The number of halogens is 1. The standard InChI is InChI=1S/C32H39BrN9O3P/c1-19-14-26(28(45-3)15-27(19)41-12-8-22(9-13-41)42-17-21(18-42)37-20(2)43)39-32-36-16-23(33)31(40-32)38-25-7-6-24-29(35-11-10-34-24)30(25)46(4,5)44/h6-7,10-11,14-16,21-22H,8-9,12-13,17-18H2,1-5H3,(H,37,43)(H2,36,38,39,40). The van der Waals surface area contributed by atoms with Gasteiger partial charge in [-0.05, 0) is 72.8 Å². The minimum Gasteiger partial charge on any atom is -0.494 e. The van der Waals surface area contributed by atoms with E-state index in [0.29, 0.717) is 50.1 Å². The molecule has 0 radical (unpaired) electrons. The zero-order valence-corrected chi connectivity index (χ0v) is 29.2. The van der Waals surface area contributed by atoms with E-state index in [0.717, 1.165) is 56.0 Å². The van der Waals surface area contributed by atoms with E-state index in [1.807, 2.05) is 12.1 Å². The monoisotopic (exact) mass is 707 g/mol. The molecule has 1 amide bonds. The normalized spacial score (nSPS) is 16.3. The Morgan fingerprint density at radius 2 is 1.78 bits per heavy atom. The van der Waals surface area contributed by atoms with Gasteiger partial charge in [-0.25, -0.2) is 4.98 Å². The van der Waals surface area contributed by atoms with E-state index in [9.17, 15) is 9.36 Å². The van der Waals surface area contributed by atoms with Gasteiger partial charge in [0.2, 0.25) is 11.9 Å². The van der Waals surface area contributed by atoms with Crippen LogP contribution in [0.15, 0.2) is 47.3 Å². The quantitative estimate of drug-likeness (QED) is 0.202. The molecule has 2 aromatic heterocycles. The lowest BCUT2D eigenvalue weighted by Gasteiger charge is -2.47. The maximum Gasteiger partial charge on any atom is 0.229 e. The summed E-state index contributed by atoms with van der Waals surface area (Å²) in [6, 6.07) is 8.67. The fourth-order valence-electron chi connectivity index (χ4n) is 6.38. The number of aromatic nitrogens is 4. The number of aryl methyl sites for hydroxylation is 1. The summed E-state index contributed by atoms with van der Waals surface area (Å²) in [4.78, 5) is 34.3. The third kappa shape index (κ3) is 6.82. The minimum absolute atomic E-state index is 0.0435. The summed E-state index contributed by atoms with van der Waals surface area (Å²) in [5, 5.41) is 10.3. The van der Waals surface area contributed by atoms with Crippen LogP contribution in [0.3, 0.4) is 0 Å². The number of hydrogen-bond acceptors (Lipinski definition) is 11. The molecular formula is C32H39BrN9O3P. The predicted molar refractivity (Wildman–Crippen MR) is 187 cm³/mol. The number of amides is 1. The molecule has 2 aliphatic heterocycles. The minimum atomic E-state index is -2.74. The van der Waals surface area contributed by atoms with Crippen LogP contribution in [-0.2, 0) is 9.36 Å². The van der Waals surface area contributed by atoms with Crippen molar-refractivity contribution in [2.24, 2.45) is 0 Å². The van der Waals surface area contributed by atoms with Gasteiger partial charge in [0.15, 0.2) is 0 Å². The lowest BCUT2D eigenvalue weighted by atomic mass is 9.96. The van der Waals surface area contributed by atoms with Crippen LogP contribution in [0.4, 0.5) is 28.8 Å². The first kappa shape index (κ1) is 32.2. The molecule has 3 N–H and O–H groups in total. The van der Waals surface area contributed by atoms with Crippen molar-refractivity contribution in [2.75, 3.05) is 62.2 Å². The van der Waals surface area contributed by atoms with Crippen LogP contribution < -0.4 is 30.9 Å². The van der Waals surface area contributed by atoms with Crippen molar-refractivity contribution < 1.29 is 14.1 Å². The van der Waals surface area contributed by atoms with Gasteiger partial charge in [0.25, 0.3) is 0 Å². The van der Waals surface area contributed by atoms with Crippen molar-refractivity contribution in [2.45, 2.75) is 38.8 Å². The number of piperidine rings is 1. The first-order valence-corrected chi connectivity index (χ1v) is 18.7. The SMILES string of the molecule is COc1cc(N2CCC(N3CC(NC(C)=O)C3)CC2)c(C)cc1Nc1ncc(Br)c(Nc2ccc3nccnc3c2P(C)(C)=O)n1. The number of methoxy groups -OCH3 is 1. The molecule has 12 nitrogen and oxygen atoms in total. The molecule has 0 unspecified atom stereocenters. The van der Waals surface area contributed by atoms with E-state index in [2.05, 4.69) is 75.7 Å². The molecule has 46 heavy (non-hydrogen) atoms. The Labute approximate surface area is 277 Å². The van der Waals surface area contributed by atoms with E-state index in [4.69, 9.17) is 9.72 Å². The van der Waals surface area contributed by atoms with Crippen LogP contribution in [0.25, 0.3) is 11.0 Å². The molecule has 4 aromatic rings. The van der Waals surface area contributed by atoms with Crippen molar-refractivity contribution in [1.29, 1.82) is 0 Å². The van der Waals surface area contributed by atoms with Crippen LogP contribution >= 0.6 is 23.1 Å². The Balaban J connectivity index is 1.18. The number of nitrogens with one attached hydrogen (secondary N) is 3. The molecule has 0 aliphatic carbocycles. The summed E-state index contributed by atoms with van der Waals surface area (Å²) >= 11 is 3.56. The number of hydrogen-bond donors (Lipinski definition) is 3. The smallest absolute Gasteiger partial charge is 0.229 e. The first-order valence-electron chi connectivity index (χ1n) is 15.3. The highest BCUT2D eigenvalue weighted by Gasteiger charge is 2.34. The predicted octanol–water partition coefficient (Wildman–Crippen LogP) is 5.02. The number of likely N-dealkylation sites (tertiary alicyclic amines) is 1. The third-order valence-corrected chi connectivity index (χ3v) is 10.7.